The second-order valence-electron chi connectivity index (χ2n) is 5.86. The van der Waals surface area contributed by atoms with Gasteiger partial charge in [0.15, 0.2) is 6.10 Å². The molecule has 0 aromatic heterocycles. The van der Waals surface area contributed by atoms with Crippen molar-refractivity contribution in [3.63, 3.8) is 0 Å². The van der Waals surface area contributed by atoms with Crippen LogP contribution in [0.3, 0.4) is 0 Å². The van der Waals surface area contributed by atoms with Crippen LogP contribution in [0.2, 0.25) is 0 Å². The van der Waals surface area contributed by atoms with Crippen LogP contribution in [0, 0.1) is 25.2 Å². The zero-order valence-corrected chi connectivity index (χ0v) is 14.3. The number of carbonyl (C=O) groups excluding carboxylic acids is 1. The number of carbonyl (C=O) groups is 1. The van der Waals surface area contributed by atoms with E-state index >= 15 is 0 Å². The van der Waals surface area contributed by atoms with E-state index in [0.29, 0.717) is 24.3 Å². The number of hydrogen-bond donors (Lipinski definition) is 1. The first-order chi connectivity index (χ1) is 11.5. The molecule has 1 N–H and O–H groups in total. The molecule has 4 nitrogen and oxygen atoms in total. The van der Waals surface area contributed by atoms with Gasteiger partial charge < -0.3 is 10.1 Å². The molecule has 0 aliphatic carbocycles. The average molecular weight is 322 g/mol. The molecule has 2 aromatic carbocycles. The van der Waals surface area contributed by atoms with Gasteiger partial charge in [-0.1, -0.05) is 25.1 Å². The average Bonchev–Trinajstić information content (AvgIpc) is 2.53. The summed E-state index contributed by atoms with van der Waals surface area (Å²) in [6.45, 7) is 5.93. The Bertz CT molecular complexity index is 725. The third kappa shape index (κ3) is 4.85. The molecule has 0 aliphatic rings. The maximum Gasteiger partial charge on any atom is 0.265 e. The van der Waals surface area contributed by atoms with Crippen molar-refractivity contribution in [2.45, 2.75) is 39.7 Å². The van der Waals surface area contributed by atoms with Gasteiger partial charge in [-0.25, -0.2) is 0 Å². The Morgan fingerprint density at radius 2 is 1.79 bits per heavy atom. The van der Waals surface area contributed by atoms with Gasteiger partial charge in [-0.3, -0.25) is 4.79 Å². The molecule has 0 radical (unpaired) electrons. The summed E-state index contributed by atoms with van der Waals surface area (Å²) < 4.78 is 5.87. The van der Waals surface area contributed by atoms with Crippen molar-refractivity contribution < 1.29 is 9.53 Å². The molecule has 1 unspecified atom stereocenters. The number of aryl methyl sites for hydroxylation is 2. The van der Waals surface area contributed by atoms with Gasteiger partial charge in [0.05, 0.1) is 12.5 Å². The highest BCUT2D eigenvalue weighted by Gasteiger charge is 2.18. The zero-order chi connectivity index (χ0) is 17.5. The van der Waals surface area contributed by atoms with Crippen molar-refractivity contribution in [1.82, 2.24) is 0 Å². The van der Waals surface area contributed by atoms with Gasteiger partial charge in [-0.05, 0) is 61.2 Å². The third-order valence-electron chi connectivity index (χ3n) is 3.64. The monoisotopic (exact) mass is 322 g/mol. The van der Waals surface area contributed by atoms with E-state index < -0.39 is 6.10 Å². The smallest absolute Gasteiger partial charge is 0.265 e. The van der Waals surface area contributed by atoms with Crippen molar-refractivity contribution in [3.05, 3.63) is 59.2 Å². The molecule has 2 rings (SSSR count). The number of amides is 1. The van der Waals surface area contributed by atoms with Crippen LogP contribution in [-0.4, -0.2) is 12.0 Å². The summed E-state index contributed by atoms with van der Waals surface area (Å²) >= 11 is 0. The fourth-order valence-electron chi connectivity index (χ4n) is 2.51. The molecule has 0 bridgehead atoms. The number of anilines is 1. The molecule has 1 atom stereocenters. The van der Waals surface area contributed by atoms with Gasteiger partial charge in [0.2, 0.25) is 0 Å². The Kier molecular flexibility index (Phi) is 5.97. The van der Waals surface area contributed by atoms with Crippen LogP contribution in [-0.2, 0) is 11.2 Å². The molecule has 2 aromatic rings. The minimum Gasteiger partial charge on any atom is -0.481 e. The van der Waals surface area contributed by atoms with Crippen LogP contribution >= 0.6 is 0 Å². The normalized spacial score (nSPS) is 11.4. The minimum atomic E-state index is -0.551. The number of nitrogens with one attached hydrogen (secondary N) is 1. The largest absolute Gasteiger partial charge is 0.481 e. The summed E-state index contributed by atoms with van der Waals surface area (Å²) in [5.74, 6) is 0.531. The highest BCUT2D eigenvalue weighted by Crippen LogP contribution is 2.19. The van der Waals surface area contributed by atoms with Crippen LogP contribution < -0.4 is 10.1 Å². The summed E-state index contributed by atoms with van der Waals surface area (Å²) in [6.07, 6.45) is 0.387. The molecule has 0 saturated carbocycles. The number of ether oxygens (including phenoxy) is 1. The van der Waals surface area contributed by atoms with Gasteiger partial charge in [0.1, 0.15) is 5.75 Å². The van der Waals surface area contributed by atoms with Crippen LogP contribution in [0.1, 0.15) is 30.0 Å². The van der Waals surface area contributed by atoms with Gasteiger partial charge in [-0.15, -0.1) is 0 Å². The van der Waals surface area contributed by atoms with E-state index in [-0.39, 0.29) is 5.91 Å². The number of rotatable bonds is 6. The predicted molar refractivity (Wildman–Crippen MR) is 95.0 cm³/mol. The summed E-state index contributed by atoms with van der Waals surface area (Å²) in [5, 5.41) is 11.5. The topological polar surface area (TPSA) is 62.1 Å². The van der Waals surface area contributed by atoms with Crippen LogP contribution in [0.25, 0.3) is 0 Å². The Hall–Kier alpha value is -2.80. The second kappa shape index (κ2) is 8.16. The Balaban J connectivity index is 2.04. The number of nitrogens with zero attached hydrogens (tertiary/aromatic N) is 1. The molecular weight excluding hydrogens is 300 g/mol. The first-order valence-electron chi connectivity index (χ1n) is 8.03. The molecule has 0 aliphatic heterocycles. The molecule has 0 spiro atoms. The molecule has 24 heavy (non-hydrogen) atoms. The molecule has 0 heterocycles. The lowest BCUT2D eigenvalue weighted by atomic mass is 10.1. The fourth-order valence-corrected chi connectivity index (χ4v) is 2.51. The predicted octanol–water partition coefficient (Wildman–Crippen LogP) is 4.17. The summed E-state index contributed by atoms with van der Waals surface area (Å²) in [5.41, 5.74) is 3.83. The number of hydrogen-bond acceptors (Lipinski definition) is 3. The number of nitriles is 1. The van der Waals surface area contributed by atoms with Crippen LogP contribution in [0.5, 0.6) is 5.75 Å². The highest BCUT2D eigenvalue weighted by molar-refractivity contribution is 5.94. The lowest BCUT2D eigenvalue weighted by Gasteiger charge is -2.18. The van der Waals surface area contributed by atoms with Crippen molar-refractivity contribution in [3.8, 4) is 11.8 Å². The Labute approximate surface area is 143 Å². The Morgan fingerprint density at radius 1 is 1.17 bits per heavy atom. The second-order valence-corrected chi connectivity index (χ2v) is 5.86. The van der Waals surface area contributed by atoms with Gasteiger partial charge >= 0.3 is 0 Å². The van der Waals surface area contributed by atoms with Gasteiger partial charge in [-0.2, -0.15) is 5.26 Å². The first kappa shape index (κ1) is 17.6. The SMILES string of the molecule is CCC(Oc1cc(C)cc(C)c1)C(=O)Nc1ccc(CC#N)cc1. The molecule has 0 saturated heterocycles. The van der Waals surface area contributed by atoms with E-state index in [4.69, 9.17) is 10.00 Å². The maximum absolute atomic E-state index is 12.4. The maximum atomic E-state index is 12.4. The van der Waals surface area contributed by atoms with Gasteiger partial charge in [0, 0.05) is 5.69 Å². The van der Waals surface area contributed by atoms with Crippen molar-refractivity contribution in [2.24, 2.45) is 0 Å². The summed E-state index contributed by atoms with van der Waals surface area (Å²) in [4.78, 5) is 12.4. The van der Waals surface area contributed by atoms with Crippen LogP contribution in [0.15, 0.2) is 42.5 Å². The lowest BCUT2D eigenvalue weighted by molar-refractivity contribution is -0.122. The molecule has 1 amide bonds. The van der Waals surface area contributed by atoms with Crippen molar-refractivity contribution in [1.29, 1.82) is 5.26 Å². The third-order valence-corrected chi connectivity index (χ3v) is 3.64. The number of benzene rings is 2. The van der Waals surface area contributed by atoms with Crippen molar-refractivity contribution in [2.75, 3.05) is 5.32 Å². The van der Waals surface area contributed by atoms with E-state index in [1.165, 1.54) is 0 Å². The highest BCUT2D eigenvalue weighted by atomic mass is 16.5. The van der Waals surface area contributed by atoms with E-state index in [1.807, 2.05) is 45.0 Å². The fraction of sp³-hybridized carbons (Fsp3) is 0.300. The summed E-state index contributed by atoms with van der Waals surface area (Å²) in [7, 11) is 0. The van der Waals surface area contributed by atoms with Crippen LogP contribution in [0.4, 0.5) is 5.69 Å². The molecular formula is C20H22N2O2. The molecule has 0 fully saturated rings. The Morgan fingerprint density at radius 3 is 2.33 bits per heavy atom. The minimum absolute atomic E-state index is 0.176. The van der Waals surface area contributed by atoms with Gasteiger partial charge in [0.25, 0.3) is 5.91 Å². The molecule has 124 valence electrons. The first-order valence-corrected chi connectivity index (χ1v) is 8.03. The van der Waals surface area contributed by atoms with E-state index in [1.54, 1.807) is 12.1 Å². The summed E-state index contributed by atoms with van der Waals surface area (Å²) in [6, 6.07) is 15.3. The lowest BCUT2D eigenvalue weighted by Crippen LogP contribution is -2.32. The van der Waals surface area contributed by atoms with Crippen molar-refractivity contribution >= 4 is 11.6 Å². The van der Waals surface area contributed by atoms with E-state index in [2.05, 4.69) is 17.5 Å². The van der Waals surface area contributed by atoms with E-state index in [9.17, 15) is 4.79 Å². The quantitative estimate of drug-likeness (QED) is 0.868. The van der Waals surface area contributed by atoms with E-state index in [0.717, 1.165) is 16.7 Å². The standard InChI is InChI=1S/C20H22N2O2/c1-4-19(24-18-12-14(2)11-15(3)13-18)20(23)22-17-7-5-16(6-8-17)9-10-21/h5-8,11-13,19H,4,9H2,1-3H3,(H,22,23). The zero-order valence-electron chi connectivity index (χ0n) is 14.3. The molecule has 4 heteroatoms.